The fourth-order valence-electron chi connectivity index (χ4n) is 2.16. The number of benzene rings is 2. The first-order valence-corrected chi connectivity index (χ1v) is 5.81. The van der Waals surface area contributed by atoms with Gasteiger partial charge in [0.1, 0.15) is 0 Å². The van der Waals surface area contributed by atoms with Crippen LogP contribution in [-0.2, 0) is 0 Å². The molecule has 96 valence electrons. The Hall–Kier alpha value is -2.62. The number of rotatable bonds is 3. The summed E-state index contributed by atoms with van der Waals surface area (Å²) < 4.78 is 0. The minimum atomic E-state index is -0.530. The third-order valence-corrected chi connectivity index (χ3v) is 3.06. The Morgan fingerprint density at radius 3 is 1.89 bits per heavy atom. The Balaban J connectivity index is 2.78. The van der Waals surface area contributed by atoms with E-state index in [1.54, 1.807) is 6.92 Å². The van der Waals surface area contributed by atoms with Crippen LogP contribution in [0.5, 0.6) is 0 Å². The van der Waals surface area contributed by atoms with Gasteiger partial charge in [-0.15, -0.1) is 0 Å². The number of amides is 2. The second-order valence-electron chi connectivity index (χ2n) is 4.26. The van der Waals surface area contributed by atoms with Crippen LogP contribution in [-0.4, -0.2) is 11.8 Å². The normalized spacial score (nSPS) is 10.2. The number of hydrogen-bond acceptors (Lipinski definition) is 2. The fraction of sp³-hybridized carbons (Fsp3) is 0.0667. The zero-order valence-corrected chi connectivity index (χ0v) is 10.5. The molecule has 0 aliphatic carbocycles. The number of carbonyl (C=O) groups is 2. The molecule has 0 bridgehead atoms. The smallest absolute Gasteiger partial charge is 0.249 e. The number of hydrogen-bond donors (Lipinski definition) is 2. The van der Waals surface area contributed by atoms with Gasteiger partial charge in [0, 0.05) is 11.1 Å². The van der Waals surface area contributed by atoms with Crippen molar-refractivity contribution in [3.63, 3.8) is 0 Å². The van der Waals surface area contributed by atoms with Crippen LogP contribution in [0.25, 0.3) is 11.1 Å². The van der Waals surface area contributed by atoms with E-state index in [1.807, 2.05) is 30.3 Å². The monoisotopic (exact) mass is 254 g/mol. The summed E-state index contributed by atoms with van der Waals surface area (Å²) in [4.78, 5) is 22.9. The van der Waals surface area contributed by atoms with Gasteiger partial charge in [0.05, 0.1) is 0 Å². The van der Waals surface area contributed by atoms with Crippen LogP contribution in [0.4, 0.5) is 0 Å². The molecule has 0 fully saturated rings. The van der Waals surface area contributed by atoms with Crippen molar-refractivity contribution in [3.8, 4) is 11.1 Å². The van der Waals surface area contributed by atoms with E-state index < -0.39 is 11.8 Å². The van der Waals surface area contributed by atoms with Gasteiger partial charge < -0.3 is 11.5 Å². The maximum atomic E-state index is 11.5. The zero-order chi connectivity index (χ0) is 14.0. The summed E-state index contributed by atoms with van der Waals surface area (Å²) in [6, 6.07) is 12.4. The predicted octanol–water partition coefficient (Wildman–Crippen LogP) is 1.86. The molecule has 4 N–H and O–H groups in total. The van der Waals surface area contributed by atoms with Crippen LogP contribution < -0.4 is 11.5 Å². The quantitative estimate of drug-likeness (QED) is 0.875. The van der Waals surface area contributed by atoms with Gasteiger partial charge in [0.2, 0.25) is 11.8 Å². The molecule has 19 heavy (non-hydrogen) atoms. The van der Waals surface area contributed by atoms with E-state index >= 15 is 0 Å². The molecular weight excluding hydrogens is 240 g/mol. The van der Waals surface area contributed by atoms with Crippen LogP contribution in [0.3, 0.4) is 0 Å². The third-order valence-electron chi connectivity index (χ3n) is 3.06. The van der Waals surface area contributed by atoms with Gasteiger partial charge in [-0.1, -0.05) is 30.3 Å². The average Bonchev–Trinajstić information content (AvgIpc) is 2.38. The van der Waals surface area contributed by atoms with Gasteiger partial charge in [0.25, 0.3) is 0 Å². The molecule has 0 aromatic heterocycles. The number of carbonyl (C=O) groups excluding carboxylic acids is 2. The third kappa shape index (κ3) is 2.33. The minimum Gasteiger partial charge on any atom is -0.366 e. The lowest BCUT2D eigenvalue weighted by Gasteiger charge is -2.13. The summed E-state index contributed by atoms with van der Waals surface area (Å²) in [5, 5.41) is 0. The average molecular weight is 254 g/mol. The number of primary amides is 2. The maximum absolute atomic E-state index is 11.5. The highest BCUT2D eigenvalue weighted by molar-refractivity contribution is 6.04. The van der Waals surface area contributed by atoms with Crippen molar-refractivity contribution in [3.05, 3.63) is 59.2 Å². The van der Waals surface area contributed by atoms with Crippen molar-refractivity contribution in [1.82, 2.24) is 0 Å². The maximum Gasteiger partial charge on any atom is 0.249 e. The Kier molecular flexibility index (Phi) is 3.33. The molecule has 0 atom stereocenters. The van der Waals surface area contributed by atoms with Gasteiger partial charge in [-0.3, -0.25) is 9.59 Å². The standard InChI is InChI=1S/C15H14N2O2/c1-9-11(14(16)18)7-8-12(15(17)19)13(9)10-5-3-2-4-6-10/h2-8H,1H3,(H2,16,18)(H2,17,19). The second-order valence-corrected chi connectivity index (χ2v) is 4.26. The SMILES string of the molecule is Cc1c(C(N)=O)ccc(C(N)=O)c1-c1ccccc1. The van der Waals surface area contributed by atoms with E-state index in [0.29, 0.717) is 22.3 Å². The van der Waals surface area contributed by atoms with E-state index in [4.69, 9.17) is 11.5 Å². The Morgan fingerprint density at radius 2 is 1.37 bits per heavy atom. The van der Waals surface area contributed by atoms with Crippen molar-refractivity contribution in [2.24, 2.45) is 11.5 Å². The van der Waals surface area contributed by atoms with Gasteiger partial charge in [0.15, 0.2) is 0 Å². The molecule has 0 spiro atoms. The topological polar surface area (TPSA) is 86.2 Å². The van der Waals surface area contributed by atoms with Crippen molar-refractivity contribution in [2.75, 3.05) is 0 Å². The van der Waals surface area contributed by atoms with Crippen molar-refractivity contribution in [2.45, 2.75) is 6.92 Å². The molecule has 0 unspecified atom stereocenters. The lowest BCUT2D eigenvalue weighted by Crippen LogP contribution is -2.17. The Morgan fingerprint density at radius 1 is 0.842 bits per heavy atom. The first-order valence-electron chi connectivity index (χ1n) is 5.81. The summed E-state index contributed by atoms with van der Waals surface area (Å²) in [6.45, 7) is 1.76. The highest BCUT2D eigenvalue weighted by Crippen LogP contribution is 2.29. The van der Waals surface area contributed by atoms with Crippen LogP contribution in [0, 0.1) is 6.92 Å². The molecule has 0 radical (unpaired) electrons. The largest absolute Gasteiger partial charge is 0.366 e. The highest BCUT2D eigenvalue weighted by Gasteiger charge is 2.17. The van der Waals surface area contributed by atoms with Crippen LogP contribution in [0.1, 0.15) is 26.3 Å². The van der Waals surface area contributed by atoms with E-state index in [1.165, 1.54) is 12.1 Å². The van der Waals surface area contributed by atoms with Crippen molar-refractivity contribution in [1.29, 1.82) is 0 Å². The number of nitrogens with two attached hydrogens (primary N) is 2. The van der Waals surface area contributed by atoms with Crippen molar-refractivity contribution >= 4 is 11.8 Å². The lowest BCUT2D eigenvalue weighted by atomic mass is 9.91. The Labute approximate surface area is 111 Å². The lowest BCUT2D eigenvalue weighted by molar-refractivity contribution is 0.0988. The Bertz CT molecular complexity index is 649. The fourth-order valence-corrected chi connectivity index (χ4v) is 2.16. The van der Waals surface area contributed by atoms with Gasteiger partial charge >= 0.3 is 0 Å². The van der Waals surface area contributed by atoms with E-state index in [0.717, 1.165) is 5.56 Å². The van der Waals surface area contributed by atoms with Gasteiger partial charge in [-0.2, -0.15) is 0 Å². The molecule has 2 aromatic carbocycles. The first-order chi connectivity index (χ1) is 9.02. The molecule has 2 rings (SSSR count). The first kappa shape index (κ1) is 12.8. The van der Waals surface area contributed by atoms with Crippen LogP contribution in [0.15, 0.2) is 42.5 Å². The molecule has 2 aromatic rings. The zero-order valence-electron chi connectivity index (χ0n) is 10.5. The minimum absolute atomic E-state index is 0.383. The molecule has 0 aliphatic heterocycles. The molecule has 0 aliphatic rings. The molecule has 0 heterocycles. The second kappa shape index (κ2) is 4.94. The summed E-state index contributed by atoms with van der Waals surface area (Å²) >= 11 is 0. The summed E-state index contributed by atoms with van der Waals surface area (Å²) in [5.74, 6) is -1.05. The van der Waals surface area contributed by atoms with E-state index in [2.05, 4.69) is 0 Å². The summed E-state index contributed by atoms with van der Waals surface area (Å²) in [6.07, 6.45) is 0. The predicted molar refractivity (Wildman–Crippen MR) is 73.7 cm³/mol. The van der Waals surface area contributed by atoms with E-state index in [-0.39, 0.29) is 0 Å². The molecule has 2 amide bonds. The van der Waals surface area contributed by atoms with Crippen molar-refractivity contribution < 1.29 is 9.59 Å². The van der Waals surface area contributed by atoms with Crippen LogP contribution >= 0.6 is 0 Å². The van der Waals surface area contributed by atoms with E-state index in [9.17, 15) is 9.59 Å². The molecule has 0 saturated heterocycles. The highest BCUT2D eigenvalue weighted by atomic mass is 16.1. The van der Waals surface area contributed by atoms with Crippen LogP contribution in [0.2, 0.25) is 0 Å². The molecule has 4 nitrogen and oxygen atoms in total. The summed E-state index contributed by atoms with van der Waals surface area (Å²) in [5.41, 5.74) is 13.6. The van der Waals surface area contributed by atoms with Gasteiger partial charge in [-0.05, 0) is 35.7 Å². The molecular formula is C15H14N2O2. The summed E-state index contributed by atoms with van der Waals surface area (Å²) in [7, 11) is 0. The molecule has 4 heteroatoms. The molecule has 0 saturated carbocycles. The van der Waals surface area contributed by atoms with Gasteiger partial charge in [-0.25, -0.2) is 0 Å².